The van der Waals surface area contributed by atoms with Crippen LogP contribution in [0, 0.1) is 0 Å². The fraction of sp³-hybridized carbons (Fsp3) is 0.318. The van der Waals surface area contributed by atoms with Gasteiger partial charge in [-0.05, 0) is 18.9 Å². The quantitative estimate of drug-likeness (QED) is 0.569. The lowest BCUT2D eigenvalue weighted by molar-refractivity contribution is 0.0694. The van der Waals surface area contributed by atoms with Crippen molar-refractivity contribution in [1.82, 2.24) is 20.0 Å². The molecule has 1 aromatic carbocycles. The highest BCUT2D eigenvalue weighted by Crippen LogP contribution is 2.15. The van der Waals surface area contributed by atoms with Gasteiger partial charge in [0.15, 0.2) is 5.82 Å². The number of nitrogens with one attached hydrogen (secondary N) is 1. The molecule has 0 spiro atoms. The smallest absolute Gasteiger partial charge is 0.341 e. The first-order chi connectivity index (χ1) is 14.8. The average Bonchev–Trinajstić information content (AvgIpc) is 3.24. The maximum absolute atomic E-state index is 12.8. The van der Waals surface area contributed by atoms with Crippen LogP contribution in [0.15, 0.2) is 52.0 Å². The molecule has 0 unspecified atom stereocenters. The minimum Gasteiger partial charge on any atom is -0.477 e. The fourth-order valence-corrected chi connectivity index (χ4v) is 2.97. The Kier molecular flexibility index (Phi) is 6.64. The van der Waals surface area contributed by atoms with E-state index < -0.39 is 28.9 Å². The predicted molar refractivity (Wildman–Crippen MR) is 112 cm³/mol. The first-order valence-electron chi connectivity index (χ1n) is 9.92. The summed E-state index contributed by atoms with van der Waals surface area (Å²) in [6.07, 6.45) is 3.23. The molecule has 162 valence electrons. The Labute approximate surface area is 178 Å². The summed E-state index contributed by atoms with van der Waals surface area (Å²) in [6, 6.07) is 8.97. The molecule has 0 saturated carbocycles. The predicted octanol–water partition coefficient (Wildman–Crippen LogP) is 2.79. The normalized spacial score (nSPS) is 12.0. The topological polar surface area (TPSA) is 127 Å². The van der Waals surface area contributed by atoms with Gasteiger partial charge in [-0.1, -0.05) is 49.3 Å². The van der Waals surface area contributed by atoms with E-state index in [1.54, 1.807) is 11.5 Å². The van der Waals surface area contributed by atoms with Gasteiger partial charge in [-0.25, -0.2) is 4.79 Å². The largest absolute Gasteiger partial charge is 0.477 e. The monoisotopic (exact) mass is 424 g/mol. The molecular formula is C22H24N4O5. The number of benzene rings is 1. The van der Waals surface area contributed by atoms with Crippen LogP contribution >= 0.6 is 0 Å². The van der Waals surface area contributed by atoms with Gasteiger partial charge in [0.05, 0.1) is 0 Å². The Hall–Kier alpha value is -3.75. The SMILES string of the molecule is CC(C)c1noc([C@H](C)NC(=O)c2cn(CCc3ccccc3)cc(C(=O)O)c2=O)n1. The van der Waals surface area contributed by atoms with Crippen molar-refractivity contribution in [2.24, 2.45) is 0 Å². The van der Waals surface area contributed by atoms with Gasteiger partial charge in [0.25, 0.3) is 5.91 Å². The first kappa shape index (κ1) is 21.9. The van der Waals surface area contributed by atoms with Crippen LogP contribution in [0.3, 0.4) is 0 Å². The molecule has 0 fully saturated rings. The molecule has 0 aliphatic carbocycles. The number of carboxylic acids is 1. The molecule has 1 amide bonds. The highest BCUT2D eigenvalue weighted by atomic mass is 16.5. The Balaban J connectivity index is 1.83. The number of hydrogen-bond acceptors (Lipinski definition) is 6. The highest BCUT2D eigenvalue weighted by Gasteiger charge is 2.23. The van der Waals surface area contributed by atoms with Gasteiger partial charge in [0.1, 0.15) is 17.2 Å². The number of aromatic nitrogens is 3. The zero-order valence-corrected chi connectivity index (χ0v) is 17.5. The lowest BCUT2D eigenvalue weighted by atomic mass is 10.1. The number of aryl methyl sites for hydroxylation is 2. The summed E-state index contributed by atoms with van der Waals surface area (Å²) in [4.78, 5) is 41.2. The molecule has 31 heavy (non-hydrogen) atoms. The Morgan fingerprint density at radius 1 is 1.13 bits per heavy atom. The number of hydrogen-bond donors (Lipinski definition) is 2. The van der Waals surface area contributed by atoms with E-state index in [-0.39, 0.29) is 17.4 Å². The third-order valence-electron chi connectivity index (χ3n) is 4.75. The summed E-state index contributed by atoms with van der Waals surface area (Å²) in [5, 5.41) is 15.9. The molecule has 9 heteroatoms. The molecule has 3 rings (SSSR count). The molecule has 3 aromatic rings. The Morgan fingerprint density at radius 2 is 1.81 bits per heavy atom. The van der Waals surface area contributed by atoms with Crippen molar-refractivity contribution in [2.75, 3.05) is 0 Å². The summed E-state index contributed by atoms with van der Waals surface area (Å²) < 4.78 is 6.72. The number of amides is 1. The van der Waals surface area contributed by atoms with Crippen molar-refractivity contribution in [3.63, 3.8) is 0 Å². The lowest BCUT2D eigenvalue weighted by Gasteiger charge is -2.13. The van der Waals surface area contributed by atoms with Crippen molar-refractivity contribution in [2.45, 2.75) is 45.7 Å². The van der Waals surface area contributed by atoms with Crippen molar-refractivity contribution in [1.29, 1.82) is 0 Å². The zero-order chi connectivity index (χ0) is 22.5. The van der Waals surface area contributed by atoms with E-state index in [9.17, 15) is 19.5 Å². The molecule has 2 aromatic heterocycles. The Bertz CT molecular complexity index is 1130. The molecule has 0 bridgehead atoms. The molecule has 9 nitrogen and oxygen atoms in total. The first-order valence-corrected chi connectivity index (χ1v) is 9.92. The van der Waals surface area contributed by atoms with E-state index in [1.165, 1.54) is 12.4 Å². The summed E-state index contributed by atoms with van der Waals surface area (Å²) in [5.74, 6) is -1.33. The number of aromatic carboxylic acids is 1. The summed E-state index contributed by atoms with van der Waals surface area (Å²) in [6.45, 7) is 5.87. The molecule has 1 atom stereocenters. The molecule has 2 N–H and O–H groups in total. The van der Waals surface area contributed by atoms with Crippen LogP contribution in [-0.2, 0) is 13.0 Å². The number of carbonyl (C=O) groups is 2. The molecule has 2 heterocycles. The van der Waals surface area contributed by atoms with E-state index in [1.807, 2.05) is 44.2 Å². The van der Waals surface area contributed by atoms with E-state index in [4.69, 9.17) is 4.52 Å². The number of nitrogens with zero attached hydrogens (tertiary/aromatic N) is 3. The van der Waals surface area contributed by atoms with Gasteiger partial charge < -0.3 is 19.5 Å². The lowest BCUT2D eigenvalue weighted by Crippen LogP contribution is -2.34. The van der Waals surface area contributed by atoms with Crippen LogP contribution in [-0.4, -0.2) is 31.7 Å². The second-order valence-electron chi connectivity index (χ2n) is 7.53. The molecule has 0 aliphatic rings. The summed E-state index contributed by atoms with van der Waals surface area (Å²) in [5.41, 5.74) is -0.520. The van der Waals surface area contributed by atoms with Crippen LogP contribution in [0.25, 0.3) is 0 Å². The third-order valence-corrected chi connectivity index (χ3v) is 4.75. The zero-order valence-electron chi connectivity index (χ0n) is 17.5. The molecule has 0 radical (unpaired) electrons. The van der Waals surface area contributed by atoms with E-state index in [0.29, 0.717) is 18.8 Å². The van der Waals surface area contributed by atoms with Crippen molar-refractivity contribution in [3.8, 4) is 0 Å². The molecular weight excluding hydrogens is 400 g/mol. The van der Waals surface area contributed by atoms with Gasteiger partial charge in [0.2, 0.25) is 11.3 Å². The fourth-order valence-electron chi connectivity index (χ4n) is 2.97. The molecule has 0 saturated heterocycles. The number of carboxylic acid groups (broad SMARTS) is 1. The maximum atomic E-state index is 12.8. The van der Waals surface area contributed by atoms with E-state index >= 15 is 0 Å². The van der Waals surface area contributed by atoms with Crippen molar-refractivity contribution >= 4 is 11.9 Å². The van der Waals surface area contributed by atoms with E-state index in [0.717, 1.165) is 5.56 Å². The number of carbonyl (C=O) groups excluding carboxylic acids is 1. The van der Waals surface area contributed by atoms with Gasteiger partial charge in [-0.3, -0.25) is 9.59 Å². The minimum absolute atomic E-state index is 0.0597. The van der Waals surface area contributed by atoms with E-state index in [2.05, 4.69) is 15.5 Å². The summed E-state index contributed by atoms with van der Waals surface area (Å²) >= 11 is 0. The number of rotatable bonds is 8. The van der Waals surface area contributed by atoms with Crippen LogP contribution in [0.1, 0.15) is 70.7 Å². The van der Waals surface area contributed by atoms with Crippen molar-refractivity contribution in [3.05, 3.63) is 81.4 Å². The van der Waals surface area contributed by atoms with Crippen LogP contribution in [0.2, 0.25) is 0 Å². The van der Waals surface area contributed by atoms with Gasteiger partial charge in [-0.15, -0.1) is 0 Å². The highest BCUT2D eigenvalue weighted by molar-refractivity contribution is 5.97. The average molecular weight is 424 g/mol. The second kappa shape index (κ2) is 9.38. The Morgan fingerprint density at radius 3 is 2.42 bits per heavy atom. The van der Waals surface area contributed by atoms with Gasteiger partial charge in [-0.2, -0.15) is 4.98 Å². The van der Waals surface area contributed by atoms with Crippen LogP contribution in [0.4, 0.5) is 0 Å². The standard InChI is InChI=1S/C22H24N4O5/c1-13(2)19-24-21(31-25-19)14(3)23-20(28)16-11-26(12-17(18(16)27)22(29)30)10-9-15-7-5-4-6-8-15/h4-8,11-14H,9-10H2,1-3H3,(H,23,28)(H,29,30)/t14-/m0/s1. The summed E-state index contributed by atoms with van der Waals surface area (Å²) in [7, 11) is 0. The van der Waals surface area contributed by atoms with Crippen molar-refractivity contribution < 1.29 is 19.2 Å². The van der Waals surface area contributed by atoms with Gasteiger partial charge >= 0.3 is 5.97 Å². The maximum Gasteiger partial charge on any atom is 0.341 e. The van der Waals surface area contributed by atoms with Gasteiger partial charge in [0, 0.05) is 24.9 Å². The third kappa shape index (κ3) is 5.25. The van der Waals surface area contributed by atoms with Crippen LogP contribution in [0.5, 0.6) is 0 Å². The molecule has 0 aliphatic heterocycles. The second-order valence-corrected chi connectivity index (χ2v) is 7.53. The minimum atomic E-state index is -1.39. The van der Waals surface area contributed by atoms with Crippen LogP contribution < -0.4 is 10.7 Å². The number of pyridine rings is 1.